The number of fused-ring (bicyclic) bond motifs is 1. The van der Waals surface area contributed by atoms with Gasteiger partial charge in [0.2, 0.25) is 10.0 Å². The summed E-state index contributed by atoms with van der Waals surface area (Å²) in [7, 11) is -1.62. The molecule has 7 heteroatoms. The highest BCUT2D eigenvalue weighted by atomic mass is 32.2. The van der Waals surface area contributed by atoms with Crippen molar-refractivity contribution < 1.29 is 18.3 Å². The highest BCUT2D eigenvalue weighted by Crippen LogP contribution is 2.43. The van der Waals surface area contributed by atoms with Gasteiger partial charge in [-0.2, -0.15) is 0 Å². The van der Waals surface area contributed by atoms with Crippen molar-refractivity contribution in [3.05, 3.63) is 35.9 Å². The minimum Gasteiger partial charge on any atom is -0.481 e. The molecule has 2 unspecified atom stereocenters. The van der Waals surface area contributed by atoms with Crippen LogP contribution in [-0.2, 0) is 20.6 Å². The van der Waals surface area contributed by atoms with Gasteiger partial charge in [-0.1, -0.05) is 30.3 Å². The van der Waals surface area contributed by atoms with E-state index >= 15 is 0 Å². The second-order valence-electron chi connectivity index (χ2n) is 6.72. The summed E-state index contributed by atoms with van der Waals surface area (Å²) < 4.78 is 26.8. The van der Waals surface area contributed by atoms with Gasteiger partial charge < -0.3 is 10.0 Å². The normalized spacial score (nSPS) is 29.3. The van der Waals surface area contributed by atoms with Crippen molar-refractivity contribution in [2.75, 3.05) is 33.2 Å². The molecular formula is C16H22N2O4S. The fourth-order valence-electron chi connectivity index (χ4n) is 3.81. The number of likely N-dealkylation sites (tertiary alicyclic amines) is 1. The lowest BCUT2D eigenvalue weighted by Gasteiger charge is -2.39. The molecule has 126 valence electrons. The zero-order chi connectivity index (χ0) is 16.7. The van der Waals surface area contributed by atoms with E-state index in [1.165, 1.54) is 4.31 Å². The van der Waals surface area contributed by atoms with Crippen LogP contribution in [0.15, 0.2) is 30.3 Å². The van der Waals surface area contributed by atoms with Crippen LogP contribution in [0.1, 0.15) is 12.0 Å². The number of carbonyl (C=O) groups is 1. The van der Waals surface area contributed by atoms with Crippen LogP contribution >= 0.6 is 0 Å². The zero-order valence-electron chi connectivity index (χ0n) is 13.2. The Morgan fingerprint density at radius 2 is 2.00 bits per heavy atom. The molecule has 0 radical (unpaired) electrons. The summed E-state index contributed by atoms with van der Waals surface area (Å²) in [6.07, 6.45) is 0.722. The molecule has 0 amide bonds. The minimum atomic E-state index is -3.51. The van der Waals surface area contributed by atoms with Gasteiger partial charge in [-0.3, -0.25) is 4.79 Å². The Hall–Kier alpha value is -1.44. The summed E-state index contributed by atoms with van der Waals surface area (Å²) in [5, 5.41) is 9.74. The Labute approximate surface area is 136 Å². The van der Waals surface area contributed by atoms with Gasteiger partial charge in [-0.05, 0) is 31.5 Å². The van der Waals surface area contributed by atoms with Gasteiger partial charge in [-0.25, -0.2) is 12.7 Å². The summed E-state index contributed by atoms with van der Waals surface area (Å²) in [5.41, 5.74) is -0.250. The minimum absolute atomic E-state index is 0.0759. The molecule has 2 saturated heterocycles. The maximum Gasteiger partial charge on any atom is 0.312 e. The molecule has 0 saturated carbocycles. The van der Waals surface area contributed by atoms with Crippen molar-refractivity contribution >= 4 is 16.0 Å². The molecule has 1 N–H and O–H groups in total. The predicted molar refractivity (Wildman–Crippen MR) is 86.3 cm³/mol. The SMILES string of the molecule is CN1CCC2CN(S(=O)(=O)Cc3ccccc3)CC2(C(=O)O)C1. The fourth-order valence-corrected chi connectivity index (χ4v) is 5.44. The number of carboxylic acid groups (broad SMARTS) is 1. The van der Waals surface area contributed by atoms with E-state index in [9.17, 15) is 18.3 Å². The lowest BCUT2D eigenvalue weighted by molar-refractivity contribution is -0.153. The first kappa shape index (κ1) is 16.4. The number of aliphatic carboxylic acids is 1. The van der Waals surface area contributed by atoms with Gasteiger partial charge in [0.05, 0.1) is 11.2 Å². The molecule has 2 heterocycles. The summed E-state index contributed by atoms with van der Waals surface area (Å²) in [5.74, 6) is -1.07. The molecule has 2 fully saturated rings. The van der Waals surface area contributed by atoms with Crippen LogP contribution in [0.2, 0.25) is 0 Å². The molecule has 3 rings (SSSR count). The van der Waals surface area contributed by atoms with E-state index in [0.29, 0.717) is 13.1 Å². The number of hydrogen-bond donors (Lipinski definition) is 1. The molecule has 6 nitrogen and oxygen atoms in total. The Bertz CT molecular complexity index is 691. The lowest BCUT2D eigenvalue weighted by atomic mass is 9.73. The number of sulfonamides is 1. The lowest BCUT2D eigenvalue weighted by Crippen LogP contribution is -2.52. The second kappa shape index (κ2) is 5.89. The number of benzene rings is 1. The van der Waals surface area contributed by atoms with Gasteiger partial charge in [0.25, 0.3) is 0 Å². The van der Waals surface area contributed by atoms with Crippen LogP contribution < -0.4 is 0 Å². The zero-order valence-corrected chi connectivity index (χ0v) is 14.0. The number of hydrogen-bond acceptors (Lipinski definition) is 4. The molecular weight excluding hydrogens is 316 g/mol. The standard InChI is InChI=1S/C16H22N2O4S/c1-17-8-7-14-9-18(12-16(14,11-17)15(19)20)23(21,22)10-13-5-3-2-4-6-13/h2-6,14H,7-12H2,1H3,(H,19,20). The van der Waals surface area contributed by atoms with Crippen molar-refractivity contribution in [2.24, 2.45) is 11.3 Å². The quantitative estimate of drug-likeness (QED) is 0.881. The molecule has 23 heavy (non-hydrogen) atoms. The molecule has 2 aliphatic heterocycles. The third kappa shape index (κ3) is 3.00. The molecule has 1 aromatic rings. The van der Waals surface area contributed by atoms with Crippen LogP contribution in [0.3, 0.4) is 0 Å². The van der Waals surface area contributed by atoms with Crippen molar-refractivity contribution in [3.8, 4) is 0 Å². The Morgan fingerprint density at radius 1 is 1.30 bits per heavy atom. The largest absolute Gasteiger partial charge is 0.481 e. The summed E-state index contributed by atoms with van der Waals surface area (Å²) in [6.45, 7) is 1.61. The van der Waals surface area contributed by atoms with Gasteiger partial charge in [0, 0.05) is 19.6 Å². The third-order valence-corrected chi connectivity index (χ3v) is 6.85. The van der Waals surface area contributed by atoms with Crippen LogP contribution in [-0.4, -0.2) is 61.9 Å². The van der Waals surface area contributed by atoms with Crippen LogP contribution in [0.5, 0.6) is 0 Å². The first-order chi connectivity index (χ1) is 10.8. The molecule has 2 aliphatic rings. The van der Waals surface area contributed by atoms with Crippen molar-refractivity contribution in [2.45, 2.75) is 12.2 Å². The van der Waals surface area contributed by atoms with Crippen molar-refractivity contribution in [1.82, 2.24) is 9.21 Å². The smallest absolute Gasteiger partial charge is 0.312 e. The topological polar surface area (TPSA) is 77.9 Å². The Kier molecular flexibility index (Phi) is 4.20. The van der Waals surface area contributed by atoms with E-state index in [0.717, 1.165) is 18.5 Å². The number of nitrogens with zero attached hydrogens (tertiary/aromatic N) is 2. The first-order valence-corrected chi connectivity index (χ1v) is 9.38. The van der Waals surface area contributed by atoms with Gasteiger partial charge >= 0.3 is 5.97 Å². The number of piperidine rings is 1. The second-order valence-corrected chi connectivity index (χ2v) is 8.69. The highest BCUT2D eigenvalue weighted by molar-refractivity contribution is 7.88. The number of rotatable bonds is 4. The molecule has 1 aromatic carbocycles. The van der Waals surface area contributed by atoms with E-state index in [1.54, 1.807) is 12.1 Å². The first-order valence-electron chi connectivity index (χ1n) is 7.77. The molecule has 0 aliphatic carbocycles. The van der Waals surface area contributed by atoms with Crippen molar-refractivity contribution in [3.63, 3.8) is 0 Å². The average Bonchev–Trinajstić information content (AvgIpc) is 2.89. The van der Waals surface area contributed by atoms with E-state index in [1.807, 2.05) is 30.1 Å². The maximum absolute atomic E-state index is 12.7. The third-order valence-electron chi connectivity index (χ3n) is 5.09. The van der Waals surface area contributed by atoms with Gasteiger partial charge in [0.1, 0.15) is 0 Å². The van der Waals surface area contributed by atoms with E-state index in [4.69, 9.17) is 0 Å². The predicted octanol–water partition coefficient (Wildman–Crippen LogP) is 0.855. The highest BCUT2D eigenvalue weighted by Gasteiger charge is 2.56. The summed E-state index contributed by atoms with van der Waals surface area (Å²) >= 11 is 0. The maximum atomic E-state index is 12.7. The van der Waals surface area contributed by atoms with Crippen molar-refractivity contribution in [1.29, 1.82) is 0 Å². The summed E-state index contributed by atoms with van der Waals surface area (Å²) in [4.78, 5) is 13.9. The van der Waals surface area contributed by atoms with E-state index < -0.39 is 21.4 Å². The Balaban J connectivity index is 1.83. The molecule has 2 atom stereocenters. The monoisotopic (exact) mass is 338 g/mol. The van der Waals surface area contributed by atoms with Crippen LogP contribution in [0, 0.1) is 11.3 Å². The molecule has 0 aromatic heterocycles. The molecule has 0 bridgehead atoms. The van der Waals surface area contributed by atoms with Gasteiger partial charge in [0.15, 0.2) is 0 Å². The van der Waals surface area contributed by atoms with E-state index in [2.05, 4.69) is 0 Å². The molecule has 0 spiro atoms. The van der Waals surface area contributed by atoms with Crippen LogP contribution in [0.25, 0.3) is 0 Å². The van der Waals surface area contributed by atoms with E-state index in [-0.39, 0.29) is 18.2 Å². The Morgan fingerprint density at radius 3 is 2.65 bits per heavy atom. The van der Waals surface area contributed by atoms with Crippen LogP contribution in [0.4, 0.5) is 0 Å². The van der Waals surface area contributed by atoms with Gasteiger partial charge in [-0.15, -0.1) is 0 Å². The number of carboxylic acids is 1. The fraction of sp³-hybridized carbons (Fsp3) is 0.562. The summed E-state index contributed by atoms with van der Waals surface area (Å²) in [6, 6.07) is 9.02. The average molecular weight is 338 g/mol.